The highest BCUT2D eigenvalue weighted by molar-refractivity contribution is 5.77. The Morgan fingerprint density at radius 3 is 2.73 bits per heavy atom. The maximum Gasteiger partial charge on any atom is 0.323 e. The van der Waals surface area contributed by atoms with E-state index >= 15 is 0 Å². The number of aliphatic hydroxyl groups is 1. The van der Waals surface area contributed by atoms with E-state index in [0.717, 1.165) is 25.1 Å². The Kier molecular flexibility index (Phi) is 4.75. The number of halogens is 1. The van der Waals surface area contributed by atoms with Crippen molar-refractivity contribution >= 4 is 5.97 Å². The molecule has 2 aromatic rings. The molecule has 158 valence electrons. The first kappa shape index (κ1) is 19.5. The quantitative estimate of drug-likeness (QED) is 0.763. The van der Waals surface area contributed by atoms with Gasteiger partial charge in [-0.05, 0) is 48.6 Å². The molecule has 5 rings (SSSR count). The van der Waals surface area contributed by atoms with Crippen molar-refractivity contribution < 1.29 is 19.0 Å². The first-order valence-corrected chi connectivity index (χ1v) is 10.5. The second kappa shape index (κ2) is 7.32. The first-order chi connectivity index (χ1) is 14.5. The molecule has 1 N–H and O–H groups in total. The number of carbonyl (C=O) groups excluding carboxylic acids is 1. The van der Waals surface area contributed by atoms with E-state index in [1.165, 1.54) is 19.2 Å². The smallest absolute Gasteiger partial charge is 0.323 e. The number of hydrogen-bond donors (Lipinski definition) is 1. The molecule has 0 bridgehead atoms. The lowest BCUT2D eigenvalue weighted by atomic mass is 9.88. The number of esters is 1. The van der Waals surface area contributed by atoms with Crippen LogP contribution in [0.3, 0.4) is 0 Å². The number of nitrogens with zero attached hydrogens (tertiary/aromatic N) is 2. The highest BCUT2D eigenvalue weighted by atomic mass is 19.1. The molecule has 0 unspecified atom stereocenters. The zero-order valence-electron chi connectivity index (χ0n) is 16.8. The van der Waals surface area contributed by atoms with Crippen LogP contribution in [-0.4, -0.2) is 46.8 Å². The molecule has 3 heterocycles. The van der Waals surface area contributed by atoms with Crippen LogP contribution in [0.4, 0.5) is 4.39 Å². The van der Waals surface area contributed by atoms with E-state index in [0.29, 0.717) is 23.6 Å². The first-order valence-electron chi connectivity index (χ1n) is 10.5. The molecule has 4 atom stereocenters. The van der Waals surface area contributed by atoms with Gasteiger partial charge in [0.25, 0.3) is 5.56 Å². The normalized spacial score (nSPS) is 27.7. The van der Waals surface area contributed by atoms with Crippen molar-refractivity contribution in [1.29, 1.82) is 0 Å². The minimum atomic E-state index is -0.498. The number of ether oxygens (including phenoxy) is 1. The summed E-state index contributed by atoms with van der Waals surface area (Å²) in [6.07, 6.45) is 2.27. The molecule has 1 aromatic carbocycles. The number of carbonyl (C=O) groups is 1. The number of methoxy groups -OCH3 is 1. The van der Waals surface area contributed by atoms with Gasteiger partial charge in [0, 0.05) is 42.8 Å². The van der Waals surface area contributed by atoms with Gasteiger partial charge in [0.1, 0.15) is 11.9 Å². The number of fused-ring (bicyclic) bond motifs is 3. The number of hydrogen-bond acceptors (Lipinski definition) is 5. The van der Waals surface area contributed by atoms with Crippen LogP contribution in [0.25, 0.3) is 11.1 Å². The third-order valence-corrected chi connectivity index (χ3v) is 6.94. The molecule has 7 heteroatoms. The number of aromatic nitrogens is 1. The molecule has 0 radical (unpaired) electrons. The van der Waals surface area contributed by atoms with Crippen LogP contribution in [0.1, 0.15) is 24.6 Å². The molecule has 0 spiro atoms. The number of rotatable bonds is 5. The van der Waals surface area contributed by atoms with Crippen LogP contribution >= 0.6 is 0 Å². The summed E-state index contributed by atoms with van der Waals surface area (Å²) in [6, 6.07) is 9.10. The largest absolute Gasteiger partial charge is 0.468 e. The van der Waals surface area contributed by atoms with E-state index in [9.17, 15) is 19.1 Å². The van der Waals surface area contributed by atoms with Gasteiger partial charge in [-0.1, -0.05) is 12.1 Å². The standard InChI is InChI=1S/C23H25FN2O4/c1-30-23(29)21-18(12-27)17-11-25-19(20(17)26(21)10-13-5-6-13)8-7-16(22(25)28)14-3-2-4-15(24)9-14/h2-4,7-9,13,17-18,20-21,27H,5-6,10-12H2,1H3/t17-,18-,20+,21-/m0/s1. The summed E-state index contributed by atoms with van der Waals surface area (Å²) >= 11 is 0. The molecule has 1 aliphatic carbocycles. The van der Waals surface area contributed by atoms with Crippen molar-refractivity contribution in [2.24, 2.45) is 17.8 Å². The molecule has 2 fully saturated rings. The lowest BCUT2D eigenvalue weighted by Crippen LogP contribution is -2.44. The highest BCUT2D eigenvalue weighted by Gasteiger charge is 2.56. The molecule has 6 nitrogen and oxygen atoms in total. The summed E-state index contributed by atoms with van der Waals surface area (Å²) in [5.74, 6) is -0.505. The number of likely N-dealkylation sites (tertiary alicyclic amines) is 1. The molecule has 1 saturated heterocycles. The summed E-state index contributed by atoms with van der Waals surface area (Å²) in [5, 5.41) is 10.1. The second-order valence-corrected chi connectivity index (χ2v) is 8.66. The average Bonchev–Trinajstić information content (AvgIpc) is 3.40. The molecule has 1 aromatic heterocycles. The lowest BCUT2D eigenvalue weighted by molar-refractivity contribution is -0.148. The van der Waals surface area contributed by atoms with Gasteiger partial charge < -0.3 is 14.4 Å². The van der Waals surface area contributed by atoms with E-state index in [2.05, 4.69) is 4.90 Å². The average molecular weight is 412 g/mol. The fourth-order valence-electron chi connectivity index (χ4n) is 5.38. The van der Waals surface area contributed by atoms with Crippen molar-refractivity contribution in [3.05, 3.63) is 58.3 Å². The highest BCUT2D eigenvalue weighted by Crippen LogP contribution is 2.51. The van der Waals surface area contributed by atoms with Gasteiger partial charge in [0.15, 0.2) is 0 Å². The van der Waals surface area contributed by atoms with Gasteiger partial charge in [0.2, 0.25) is 0 Å². The predicted molar refractivity (Wildman–Crippen MR) is 108 cm³/mol. The SMILES string of the molecule is COC(=O)[C@@H]1[C@@H](CO)[C@@H]2Cn3c(ccc(-c4cccc(F)c4)c3=O)[C@@H]2N1CC1CC1. The van der Waals surface area contributed by atoms with Crippen molar-refractivity contribution in [3.8, 4) is 11.1 Å². The van der Waals surface area contributed by atoms with E-state index in [-0.39, 0.29) is 41.8 Å². The minimum Gasteiger partial charge on any atom is -0.468 e. The van der Waals surface area contributed by atoms with Crippen molar-refractivity contribution in [2.45, 2.75) is 31.5 Å². The molecule has 2 aliphatic heterocycles. The number of aliphatic hydroxyl groups excluding tert-OH is 1. The third-order valence-electron chi connectivity index (χ3n) is 6.94. The third kappa shape index (κ3) is 2.99. The van der Waals surface area contributed by atoms with Crippen LogP contribution in [-0.2, 0) is 16.1 Å². The Balaban J connectivity index is 1.58. The summed E-state index contributed by atoms with van der Waals surface area (Å²) in [6.45, 7) is 1.06. The monoisotopic (exact) mass is 412 g/mol. The number of pyridine rings is 1. The minimum absolute atomic E-state index is 0.0479. The molecular weight excluding hydrogens is 387 g/mol. The number of benzene rings is 1. The Morgan fingerprint density at radius 2 is 2.07 bits per heavy atom. The summed E-state index contributed by atoms with van der Waals surface area (Å²) < 4.78 is 20.5. The van der Waals surface area contributed by atoms with E-state index in [1.807, 2.05) is 6.07 Å². The van der Waals surface area contributed by atoms with Crippen molar-refractivity contribution in [3.63, 3.8) is 0 Å². The van der Waals surface area contributed by atoms with Crippen molar-refractivity contribution in [1.82, 2.24) is 9.47 Å². The Bertz CT molecular complexity index is 1050. The van der Waals surface area contributed by atoms with Crippen LogP contribution in [0.5, 0.6) is 0 Å². The van der Waals surface area contributed by atoms with Crippen LogP contribution in [0.15, 0.2) is 41.2 Å². The Morgan fingerprint density at radius 1 is 1.27 bits per heavy atom. The molecule has 0 amide bonds. The zero-order valence-corrected chi connectivity index (χ0v) is 16.8. The molecule has 30 heavy (non-hydrogen) atoms. The Hall–Kier alpha value is -2.51. The summed E-state index contributed by atoms with van der Waals surface area (Å²) in [5.41, 5.74) is 1.70. The molecule has 3 aliphatic rings. The maximum absolute atomic E-state index is 13.7. The zero-order chi connectivity index (χ0) is 21.0. The summed E-state index contributed by atoms with van der Waals surface area (Å²) in [7, 11) is 1.38. The van der Waals surface area contributed by atoms with E-state index in [4.69, 9.17) is 4.74 Å². The van der Waals surface area contributed by atoms with Crippen LogP contribution in [0.2, 0.25) is 0 Å². The molecular formula is C23H25FN2O4. The fourth-order valence-corrected chi connectivity index (χ4v) is 5.38. The van der Waals surface area contributed by atoms with Gasteiger partial charge >= 0.3 is 5.97 Å². The van der Waals surface area contributed by atoms with Crippen LogP contribution < -0.4 is 5.56 Å². The van der Waals surface area contributed by atoms with Crippen LogP contribution in [0, 0.1) is 23.6 Å². The second-order valence-electron chi connectivity index (χ2n) is 8.66. The van der Waals surface area contributed by atoms with E-state index in [1.54, 1.807) is 22.8 Å². The Labute approximate surface area is 173 Å². The van der Waals surface area contributed by atoms with E-state index < -0.39 is 6.04 Å². The van der Waals surface area contributed by atoms with Gasteiger partial charge in [-0.15, -0.1) is 0 Å². The maximum atomic E-state index is 13.7. The molecule has 1 saturated carbocycles. The van der Waals surface area contributed by atoms with Gasteiger partial charge in [0.05, 0.1) is 13.2 Å². The van der Waals surface area contributed by atoms with Gasteiger partial charge in [-0.25, -0.2) is 4.39 Å². The van der Waals surface area contributed by atoms with Gasteiger partial charge in [-0.2, -0.15) is 0 Å². The van der Waals surface area contributed by atoms with Crippen molar-refractivity contribution in [2.75, 3.05) is 20.3 Å². The topological polar surface area (TPSA) is 71.8 Å². The van der Waals surface area contributed by atoms with Gasteiger partial charge in [-0.3, -0.25) is 14.5 Å². The summed E-state index contributed by atoms with van der Waals surface area (Å²) in [4.78, 5) is 28.0. The predicted octanol–water partition coefficient (Wildman–Crippen LogP) is 2.20. The lowest BCUT2D eigenvalue weighted by Gasteiger charge is -2.29. The fraction of sp³-hybridized carbons (Fsp3) is 0.478.